The minimum atomic E-state index is -1.95. The van der Waals surface area contributed by atoms with Gasteiger partial charge in [-0.05, 0) is 25.7 Å². The molecule has 0 saturated carbocycles. The van der Waals surface area contributed by atoms with E-state index in [-0.39, 0.29) is 12.5 Å². The fourth-order valence-corrected chi connectivity index (χ4v) is 3.86. The molecule has 3 atom stereocenters. The van der Waals surface area contributed by atoms with Crippen molar-refractivity contribution in [3.63, 3.8) is 0 Å². The molecule has 0 bridgehead atoms. The van der Waals surface area contributed by atoms with Crippen molar-refractivity contribution in [1.82, 2.24) is 4.90 Å². The molecule has 5 nitrogen and oxygen atoms in total. The molecule has 0 spiro atoms. The summed E-state index contributed by atoms with van der Waals surface area (Å²) in [7, 11) is -1.95. The number of hydrogen-bond acceptors (Lipinski definition) is 4. The van der Waals surface area contributed by atoms with Crippen LogP contribution < -0.4 is 0 Å². The molecule has 2 aliphatic rings. The summed E-state index contributed by atoms with van der Waals surface area (Å²) in [4.78, 5) is 13.3. The Labute approximate surface area is 107 Å². The lowest BCUT2D eigenvalue weighted by molar-refractivity contribution is -0.135. The summed E-state index contributed by atoms with van der Waals surface area (Å²) in [5, 5.41) is 18.4. The fourth-order valence-electron chi connectivity index (χ4n) is 2.58. The van der Waals surface area contributed by atoms with Crippen molar-refractivity contribution in [1.29, 1.82) is 10.5 Å². The van der Waals surface area contributed by atoms with E-state index in [0.29, 0.717) is 0 Å². The number of nitrogens with zero attached hydrogens (tertiary/aromatic N) is 3. The predicted molar refractivity (Wildman–Crippen MR) is 66.2 cm³/mol. The molecule has 1 fully saturated rings. The molecule has 0 aromatic heterocycles. The quantitative estimate of drug-likeness (QED) is 0.700. The number of rotatable bonds is 2. The molecule has 1 saturated heterocycles. The molecule has 0 radical (unpaired) electrons. The Balaban J connectivity index is 2.46. The summed E-state index contributed by atoms with van der Waals surface area (Å²) in [6.45, 7) is 6.28. The van der Waals surface area contributed by atoms with Gasteiger partial charge in [0, 0.05) is 12.6 Å². The summed E-state index contributed by atoms with van der Waals surface area (Å²) < 4.78 is 6.10. The third-order valence-electron chi connectivity index (χ3n) is 3.15. The van der Waals surface area contributed by atoms with Crippen molar-refractivity contribution in [3.8, 4) is 12.1 Å². The van der Waals surface area contributed by atoms with E-state index in [2.05, 4.69) is 12.1 Å². The summed E-state index contributed by atoms with van der Waals surface area (Å²) in [6, 6.07) is 4.26. The van der Waals surface area contributed by atoms with Crippen molar-refractivity contribution >= 4 is 14.2 Å². The van der Waals surface area contributed by atoms with Crippen molar-refractivity contribution in [2.75, 3.05) is 6.54 Å². The van der Waals surface area contributed by atoms with Crippen LogP contribution in [-0.2, 0) is 9.22 Å². The molecule has 0 aliphatic carbocycles. The van der Waals surface area contributed by atoms with Crippen LogP contribution in [0.1, 0.15) is 0 Å². The van der Waals surface area contributed by atoms with Crippen molar-refractivity contribution < 1.29 is 9.22 Å². The van der Waals surface area contributed by atoms with Crippen LogP contribution in [0.25, 0.3) is 0 Å². The summed E-state index contributed by atoms with van der Waals surface area (Å²) >= 11 is 0. The second-order valence-electron chi connectivity index (χ2n) is 5.59. The minimum Gasteiger partial charge on any atom is -0.391 e. The van der Waals surface area contributed by atoms with Gasteiger partial charge in [-0.2, -0.15) is 10.5 Å². The molecule has 2 rings (SSSR count). The van der Waals surface area contributed by atoms with Crippen molar-refractivity contribution in [3.05, 3.63) is 12.2 Å². The Morgan fingerprint density at radius 1 is 1.44 bits per heavy atom. The zero-order valence-corrected chi connectivity index (χ0v) is 11.7. The van der Waals surface area contributed by atoms with Gasteiger partial charge in [-0.1, -0.05) is 0 Å². The highest BCUT2D eigenvalue weighted by molar-refractivity contribution is 6.69. The monoisotopic (exact) mass is 261 g/mol. The zero-order valence-electron chi connectivity index (χ0n) is 10.7. The molecule has 18 heavy (non-hydrogen) atoms. The predicted octanol–water partition coefficient (Wildman–Crippen LogP) is 1.23. The van der Waals surface area contributed by atoms with E-state index >= 15 is 0 Å². The summed E-state index contributed by atoms with van der Waals surface area (Å²) in [5.74, 6) is -1.27. The molecule has 1 amide bonds. The van der Waals surface area contributed by atoms with Gasteiger partial charge < -0.3 is 9.33 Å². The van der Waals surface area contributed by atoms with Gasteiger partial charge in [0.05, 0.1) is 18.1 Å². The maximum atomic E-state index is 11.8. The number of carbonyl (C=O) groups excluding carboxylic acids is 1. The van der Waals surface area contributed by atoms with Crippen LogP contribution in [0.15, 0.2) is 12.2 Å². The molecule has 6 heteroatoms. The fraction of sp³-hybridized carbons (Fsp3) is 0.583. The summed E-state index contributed by atoms with van der Waals surface area (Å²) in [5.41, 5.74) is -1.02. The first-order chi connectivity index (χ1) is 8.34. The second kappa shape index (κ2) is 3.94. The lowest BCUT2D eigenvalue weighted by Gasteiger charge is -2.38. The molecule has 2 aliphatic heterocycles. The third kappa shape index (κ3) is 1.74. The van der Waals surface area contributed by atoms with Gasteiger partial charge in [-0.25, -0.2) is 0 Å². The van der Waals surface area contributed by atoms with Crippen LogP contribution in [0.5, 0.6) is 0 Å². The maximum absolute atomic E-state index is 11.8. The Morgan fingerprint density at radius 2 is 2.11 bits per heavy atom. The third-order valence-corrected chi connectivity index (χ3v) is 4.09. The first-order valence-electron chi connectivity index (χ1n) is 5.84. The number of carbonyl (C=O) groups is 1. The SMILES string of the molecule is C[Si](C)(C)O[C@]12C=CC(=O)N1C[C@H](C#N)[C@H]2C#N. The largest absolute Gasteiger partial charge is 0.391 e. The van der Waals surface area contributed by atoms with Crippen LogP contribution >= 0.6 is 0 Å². The molecular formula is C12H15N3O2Si. The lowest BCUT2D eigenvalue weighted by atomic mass is 9.90. The van der Waals surface area contributed by atoms with Gasteiger partial charge in [0.1, 0.15) is 5.92 Å². The average Bonchev–Trinajstić information content (AvgIpc) is 2.71. The second-order valence-corrected chi connectivity index (χ2v) is 10.0. The van der Waals surface area contributed by atoms with E-state index in [1.807, 2.05) is 19.6 Å². The van der Waals surface area contributed by atoms with Crippen LogP contribution in [0.2, 0.25) is 19.6 Å². The average molecular weight is 261 g/mol. The zero-order chi connectivity index (χ0) is 13.6. The van der Waals surface area contributed by atoms with E-state index < -0.39 is 25.9 Å². The van der Waals surface area contributed by atoms with E-state index in [1.165, 1.54) is 11.0 Å². The highest BCUT2D eigenvalue weighted by Gasteiger charge is 2.59. The first kappa shape index (κ1) is 12.8. The minimum absolute atomic E-state index is 0.175. The van der Waals surface area contributed by atoms with E-state index in [4.69, 9.17) is 9.69 Å². The van der Waals surface area contributed by atoms with E-state index in [0.717, 1.165) is 0 Å². The molecule has 0 unspecified atom stereocenters. The van der Waals surface area contributed by atoms with Gasteiger partial charge >= 0.3 is 0 Å². The van der Waals surface area contributed by atoms with E-state index in [1.54, 1.807) is 6.08 Å². The van der Waals surface area contributed by atoms with Crippen LogP contribution in [-0.4, -0.2) is 31.4 Å². The van der Waals surface area contributed by atoms with Crippen LogP contribution in [0.3, 0.4) is 0 Å². The number of hydrogen-bond donors (Lipinski definition) is 0. The Kier molecular flexibility index (Phi) is 2.81. The van der Waals surface area contributed by atoms with Gasteiger partial charge in [0.2, 0.25) is 5.91 Å². The smallest absolute Gasteiger partial charge is 0.248 e. The normalized spacial score (nSPS) is 34.3. The number of fused-ring (bicyclic) bond motifs is 1. The Morgan fingerprint density at radius 3 is 2.61 bits per heavy atom. The summed E-state index contributed by atoms with van der Waals surface area (Å²) in [6.07, 6.45) is 3.09. The van der Waals surface area contributed by atoms with E-state index in [9.17, 15) is 10.1 Å². The molecular weight excluding hydrogens is 246 g/mol. The van der Waals surface area contributed by atoms with Crippen molar-refractivity contribution in [2.45, 2.75) is 25.4 Å². The lowest BCUT2D eigenvalue weighted by Crippen LogP contribution is -2.52. The molecule has 94 valence electrons. The van der Waals surface area contributed by atoms with Gasteiger partial charge in [-0.15, -0.1) is 0 Å². The van der Waals surface area contributed by atoms with Crippen molar-refractivity contribution in [2.24, 2.45) is 11.8 Å². The first-order valence-corrected chi connectivity index (χ1v) is 9.25. The highest BCUT2D eigenvalue weighted by Crippen LogP contribution is 2.45. The maximum Gasteiger partial charge on any atom is 0.248 e. The Hall–Kier alpha value is -1.63. The molecule has 0 N–H and O–H groups in total. The highest BCUT2D eigenvalue weighted by atomic mass is 28.4. The molecule has 0 aromatic carbocycles. The number of amides is 1. The van der Waals surface area contributed by atoms with Gasteiger partial charge in [-0.3, -0.25) is 4.79 Å². The van der Waals surface area contributed by atoms with Gasteiger partial charge in [0.25, 0.3) is 0 Å². The number of nitriles is 2. The van der Waals surface area contributed by atoms with Crippen LogP contribution in [0.4, 0.5) is 0 Å². The van der Waals surface area contributed by atoms with Crippen LogP contribution in [0, 0.1) is 34.5 Å². The molecule has 0 aromatic rings. The molecule has 2 heterocycles. The Bertz CT molecular complexity index is 497. The van der Waals surface area contributed by atoms with Gasteiger partial charge in [0.15, 0.2) is 14.0 Å². The standard InChI is InChI=1S/C12H15N3O2Si/c1-18(2,3)17-12-5-4-11(16)15(12)8-9(6-13)10(12)7-14/h4-5,9-10H,8H2,1-3H3/t9-,10+,12-/m0/s1. The topological polar surface area (TPSA) is 77.1 Å².